The lowest BCUT2D eigenvalue weighted by Gasteiger charge is -2.40. The molecule has 2 atom stereocenters. The topological polar surface area (TPSA) is 25.4 Å². The van der Waals surface area contributed by atoms with Crippen molar-refractivity contribution in [3.8, 4) is 0 Å². The van der Waals surface area contributed by atoms with E-state index in [4.69, 9.17) is 4.74 Å². The van der Waals surface area contributed by atoms with Crippen LogP contribution in [0.25, 0.3) is 0 Å². The molecule has 2 aliphatic heterocycles. The lowest BCUT2D eigenvalue weighted by Crippen LogP contribution is -2.45. The van der Waals surface area contributed by atoms with E-state index >= 15 is 0 Å². The second-order valence-corrected chi connectivity index (χ2v) is 11.3. The van der Waals surface area contributed by atoms with Gasteiger partial charge in [-0.15, -0.1) is 11.3 Å². The molecule has 4 heterocycles. The number of aryl methyl sites for hydroxylation is 2. The largest absolute Gasteiger partial charge is 0.372 e. The molecule has 2 fully saturated rings. The summed E-state index contributed by atoms with van der Waals surface area (Å²) < 4.78 is 6.65. The molecular weight excluding hydrogens is 376 g/mol. The Balaban J connectivity index is 1.56. The van der Waals surface area contributed by atoms with Gasteiger partial charge in [0.2, 0.25) is 0 Å². The number of thiophene rings is 1. The highest BCUT2D eigenvalue weighted by Crippen LogP contribution is 2.49. The van der Waals surface area contributed by atoms with Gasteiger partial charge in [-0.25, -0.2) is 0 Å². The molecule has 2 aliphatic rings. The van der Waals surface area contributed by atoms with Gasteiger partial charge in [-0.2, -0.15) is 0 Å². The molecule has 4 heteroatoms. The molecule has 0 radical (unpaired) electrons. The minimum absolute atomic E-state index is 0.0144. The molecule has 4 rings (SSSR count). The van der Waals surface area contributed by atoms with Crippen molar-refractivity contribution in [2.45, 2.75) is 84.0 Å². The van der Waals surface area contributed by atoms with E-state index in [-0.39, 0.29) is 16.6 Å². The van der Waals surface area contributed by atoms with Crippen LogP contribution in [0.1, 0.15) is 69.5 Å². The summed E-state index contributed by atoms with van der Waals surface area (Å²) in [5.41, 5.74) is 2.64. The van der Waals surface area contributed by atoms with Crippen LogP contribution < -0.4 is 0 Å². The van der Waals surface area contributed by atoms with Crippen molar-refractivity contribution in [3.05, 3.63) is 52.0 Å². The first-order valence-corrected chi connectivity index (χ1v) is 12.0. The molecule has 3 nitrogen and oxygen atoms in total. The van der Waals surface area contributed by atoms with Crippen LogP contribution in [0.15, 0.2) is 35.8 Å². The SMILES string of the molecule is Cc1ccc(C(C)(C)N2CC[C@](CCc3cccs3)(C3CCC(C)(C)O3)C2)cn1. The molecule has 0 aliphatic carbocycles. The highest BCUT2D eigenvalue weighted by atomic mass is 32.1. The Kier molecular flexibility index (Phi) is 5.65. The first-order valence-electron chi connectivity index (χ1n) is 11.1. The van der Waals surface area contributed by atoms with Crippen LogP contribution in [-0.4, -0.2) is 34.7 Å². The average molecular weight is 413 g/mol. The third-order valence-electron chi connectivity index (χ3n) is 7.40. The smallest absolute Gasteiger partial charge is 0.0652 e. The van der Waals surface area contributed by atoms with Crippen LogP contribution in [0.2, 0.25) is 0 Å². The normalized spacial score (nSPS) is 27.6. The van der Waals surface area contributed by atoms with E-state index in [9.17, 15) is 0 Å². The van der Waals surface area contributed by atoms with Crippen molar-refractivity contribution in [2.24, 2.45) is 5.41 Å². The molecule has 0 amide bonds. The van der Waals surface area contributed by atoms with Gasteiger partial charge < -0.3 is 4.74 Å². The van der Waals surface area contributed by atoms with Crippen molar-refractivity contribution in [1.29, 1.82) is 0 Å². The Hall–Kier alpha value is -1.23. The van der Waals surface area contributed by atoms with Gasteiger partial charge in [-0.05, 0) is 96.3 Å². The highest BCUT2D eigenvalue weighted by Gasteiger charge is 2.51. The van der Waals surface area contributed by atoms with Crippen molar-refractivity contribution in [1.82, 2.24) is 9.88 Å². The van der Waals surface area contributed by atoms with Gasteiger partial charge in [0.25, 0.3) is 0 Å². The average Bonchev–Trinajstić information content (AvgIpc) is 3.40. The van der Waals surface area contributed by atoms with Crippen LogP contribution in [0, 0.1) is 12.3 Å². The Morgan fingerprint density at radius 2 is 2.07 bits per heavy atom. The maximum atomic E-state index is 6.65. The Morgan fingerprint density at radius 1 is 1.24 bits per heavy atom. The predicted octanol–water partition coefficient (Wildman–Crippen LogP) is 5.97. The van der Waals surface area contributed by atoms with E-state index in [1.807, 2.05) is 11.3 Å². The number of nitrogens with zero attached hydrogens (tertiary/aromatic N) is 2. The summed E-state index contributed by atoms with van der Waals surface area (Å²) in [5, 5.41) is 2.20. The second kappa shape index (κ2) is 7.79. The van der Waals surface area contributed by atoms with E-state index in [0.29, 0.717) is 6.10 Å². The van der Waals surface area contributed by atoms with Gasteiger partial charge in [-0.1, -0.05) is 12.1 Å². The summed E-state index contributed by atoms with van der Waals surface area (Å²) in [6.07, 6.45) is 8.40. The molecular formula is C25H36N2OS. The molecule has 0 N–H and O–H groups in total. The molecule has 0 bridgehead atoms. The third-order valence-corrected chi connectivity index (χ3v) is 8.33. The van der Waals surface area contributed by atoms with Gasteiger partial charge in [0.1, 0.15) is 0 Å². The summed E-state index contributed by atoms with van der Waals surface area (Å²) >= 11 is 1.89. The maximum absolute atomic E-state index is 6.65. The van der Waals surface area contributed by atoms with Crippen LogP contribution in [-0.2, 0) is 16.7 Å². The fourth-order valence-corrected chi connectivity index (χ4v) is 5.96. The maximum Gasteiger partial charge on any atom is 0.0652 e. The van der Waals surface area contributed by atoms with Gasteiger partial charge in [-0.3, -0.25) is 9.88 Å². The van der Waals surface area contributed by atoms with Gasteiger partial charge in [0.05, 0.1) is 11.7 Å². The molecule has 29 heavy (non-hydrogen) atoms. The number of aromatic nitrogens is 1. The lowest BCUT2D eigenvalue weighted by molar-refractivity contribution is -0.0787. The Morgan fingerprint density at radius 3 is 2.69 bits per heavy atom. The Bertz CT molecular complexity index is 812. The lowest BCUT2D eigenvalue weighted by atomic mass is 9.75. The molecule has 0 spiro atoms. The van der Waals surface area contributed by atoms with E-state index in [1.54, 1.807) is 0 Å². The summed E-state index contributed by atoms with van der Waals surface area (Å²) in [4.78, 5) is 8.75. The van der Waals surface area contributed by atoms with Crippen molar-refractivity contribution >= 4 is 11.3 Å². The Labute approximate surface area is 180 Å². The molecule has 0 aromatic carbocycles. The minimum atomic E-state index is -0.0144. The summed E-state index contributed by atoms with van der Waals surface area (Å²) in [7, 11) is 0. The summed E-state index contributed by atoms with van der Waals surface area (Å²) in [6.45, 7) is 13.5. The number of hydrogen-bond acceptors (Lipinski definition) is 4. The third kappa shape index (κ3) is 4.30. The summed E-state index contributed by atoms with van der Waals surface area (Å²) in [6, 6.07) is 8.85. The number of ether oxygens (including phenoxy) is 1. The zero-order chi connectivity index (χ0) is 20.7. The van der Waals surface area contributed by atoms with Crippen LogP contribution in [0.3, 0.4) is 0 Å². The summed E-state index contributed by atoms with van der Waals surface area (Å²) in [5.74, 6) is 0. The fraction of sp³-hybridized carbons (Fsp3) is 0.640. The molecule has 1 unspecified atom stereocenters. The monoisotopic (exact) mass is 412 g/mol. The number of pyridine rings is 1. The quantitative estimate of drug-likeness (QED) is 0.584. The minimum Gasteiger partial charge on any atom is -0.372 e. The van der Waals surface area contributed by atoms with Crippen LogP contribution in [0.4, 0.5) is 0 Å². The number of hydrogen-bond donors (Lipinski definition) is 0. The number of likely N-dealkylation sites (tertiary alicyclic amines) is 1. The molecule has 0 saturated carbocycles. The highest BCUT2D eigenvalue weighted by molar-refractivity contribution is 7.09. The van der Waals surface area contributed by atoms with Gasteiger partial charge >= 0.3 is 0 Å². The van der Waals surface area contributed by atoms with Crippen molar-refractivity contribution in [2.75, 3.05) is 13.1 Å². The van der Waals surface area contributed by atoms with E-state index in [1.165, 1.54) is 36.1 Å². The molecule has 2 saturated heterocycles. The molecule has 2 aromatic heterocycles. The van der Waals surface area contributed by atoms with Crippen LogP contribution >= 0.6 is 11.3 Å². The standard InChI is InChI=1S/C25H36N2OS/c1-19-8-9-20(17-26-19)24(4,5)27-15-14-25(18-27,13-10-21-7-6-16-29-21)22-11-12-23(2,3)28-22/h6-9,16-17,22H,10-15,18H2,1-5H3/t22?,25-/m0/s1. The molecule has 158 valence electrons. The van der Waals surface area contributed by atoms with Crippen molar-refractivity contribution < 1.29 is 4.74 Å². The van der Waals surface area contributed by atoms with E-state index in [2.05, 4.69) is 80.3 Å². The first-order chi connectivity index (χ1) is 13.7. The second-order valence-electron chi connectivity index (χ2n) is 10.3. The zero-order valence-corrected chi connectivity index (χ0v) is 19.5. The zero-order valence-electron chi connectivity index (χ0n) is 18.7. The van der Waals surface area contributed by atoms with Gasteiger partial charge in [0.15, 0.2) is 0 Å². The first kappa shape index (κ1) is 21.0. The number of rotatable bonds is 6. The van der Waals surface area contributed by atoms with Crippen molar-refractivity contribution in [3.63, 3.8) is 0 Å². The van der Waals surface area contributed by atoms with E-state index < -0.39 is 0 Å². The molecule has 2 aromatic rings. The predicted molar refractivity (Wildman–Crippen MR) is 121 cm³/mol. The van der Waals surface area contributed by atoms with Crippen LogP contribution in [0.5, 0.6) is 0 Å². The fourth-order valence-electron chi connectivity index (χ4n) is 5.25. The van der Waals surface area contributed by atoms with E-state index in [0.717, 1.165) is 25.2 Å². The van der Waals surface area contributed by atoms with Gasteiger partial charge in [0, 0.05) is 34.3 Å².